The minimum Gasteiger partial charge on any atom is -0.493 e. The number of para-hydroxylation sites is 1. The summed E-state index contributed by atoms with van der Waals surface area (Å²) < 4.78 is 17.4. The molecular formula is C24H24N2O3. The summed E-state index contributed by atoms with van der Waals surface area (Å²) in [6.45, 7) is 3.23. The lowest BCUT2D eigenvalue weighted by molar-refractivity contribution is 0.283. The molecule has 0 aliphatic rings. The fourth-order valence-corrected chi connectivity index (χ4v) is 3.18. The summed E-state index contributed by atoms with van der Waals surface area (Å²) in [4.78, 5) is 4.12. The van der Waals surface area contributed by atoms with E-state index in [4.69, 9.17) is 13.9 Å². The molecule has 0 saturated carbocycles. The van der Waals surface area contributed by atoms with Crippen LogP contribution in [0, 0.1) is 0 Å². The molecule has 29 heavy (non-hydrogen) atoms. The van der Waals surface area contributed by atoms with Gasteiger partial charge in [-0.2, -0.15) is 0 Å². The van der Waals surface area contributed by atoms with Gasteiger partial charge in [-0.05, 0) is 42.8 Å². The van der Waals surface area contributed by atoms with Gasteiger partial charge in [0, 0.05) is 29.9 Å². The first-order chi connectivity index (χ1) is 14.2. The number of fused-ring (bicyclic) bond motifs is 1. The molecule has 0 spiro atoms. The Labute approximate surface area is 170 Å². The normalized spacial score (nSPS) is 12.1. The minimum atomic E-state index is 0.0873. The number of benzene rings is 2. The first-order valence-corrected chi connectivity index (χ1v) is 9.63. The summed E-state index contributed by atoms with van der Waals surface area (Å²) in [6.07, 6.45) is 3.55. The van der Waals surface area contributed by atoms with Crippen molar-refractivity contribution >= 4 is 11.0 Å². The molecule has 2 aromatic carbocycles. The first-order valence-electron chi connectivity index (χ1n) is 9.63. The Morgan fingerprint density at radius 3 is 2.69 bits per heavy atom. The molecule has 5 nitrogen and oxygen atoms in total. The van der Waals surface area contributed by atoms with Crippen LogP contribution in [0.4, 0.5) is 0 Å². The second-order valence-corrected chi connectivity index (χ2v) is 6.92. The van der Waals surface area contributed by atoms with Gasteiger partial charge < -0.3 is 19.2 Å². The van der Waals surface area contributed by atoms with Gasteiger partial charge in [0.1, 0.15) is 18.0 Å². The molecule has 0 radical (unpaired) electrons. The van der Waals surface area contributed by atoms with E-state index < -0.39 is 0 Å². The Hall–Kier alpha value is -3.31. The molecule has 0 amide bonds. The van der Waals surface area contributed by atoms with Gasteiger partial charge in [-0.15, -0.1) is 0 Å². The molecule has 0 aliphatic carbocycles. The molecule has 1 atom stereocenters. The van der Waals surface area contributed by atoms with E-state index >= 15 is 0 Å². The molecular weight excluding hydrogens is 364 g/mol. The number of hydrogen-bond acceptors (Lipinski definition) is 5. The van der Waals surface area contributed by atoms with Crippen molar-refractivity contribution in [2.24, 2.45) is 0 Å². The molecule has 4 rings (SSSR count). The van der Waals surface area contributed by atoms with Crippen molar-refractivity contribution in [2.75, 3.05) is 7.11 Å². The van der Waals surface area contributed by atoms with Gasteiger partial charge in [0.2, 0.25) is 0 Å². The van der Waals surface area contributed by atoms with E-state index in [1.54, 1.807) is 19.5 Å². The SMILES string of the molecule is COc1ccc(CNC(C)c2cc3ccccc3o2)cc1OCc1cccnc1. The lowest BCUT2D eigenvalue weighted by Crippen LogP contribution is -2.17. The van der Waals surface area contributed by atoms with Crippen molar-refractivity contribution in [3.8, 4) is 11.5 Å². The Balaban J connectivity index is 1.42. The zero-order chi connectivity index (χ0) is 20.1. The lowest BCUT2D eigenvalue weighted by Gasteiger charge is -2.14. The van der Waals surface area contributed by atoms with E-state index in [9.17, 15) is 0 Å². The molecule has 2 aromatic heterocycles. The maximum atomic E-state index is 5.97. The second kappa shape index (κ2) is 8.80. The largest absolute Gasteiger partial charge is 0.493 e. The van der Waals surface area contributed by atoms with Crippen molar-refractivity contribution in [3.63, 3.8) is 0 Å². The van der Waals surface area contributed by atoms with Crippen LogP contribution in [0.5, 0.6) is 11.5 Å². The highest BCUT2D eigenvalue weighted by Gasteiger charge is 2.12. The van der Waals surface area contributed by atoms with Gasteiger partial charge in [0.25, 0.3) is 0 Å². The lowest BCUT2D eigenvalue weighted by atomic mass is 10.1. The first kappa shape index (κ1) is 19.0. The maximum Gasteiger partial charge on any atom is 0.161 e. The molecule has 1 N–H and O–H groups in total. The molecule has 5 heteroatoms. The van der Waals surface area contributed by atoms with Gasteiger partial charge in [0.15, 0.2) is 11.5 Å². The Bertz CT molecular complexity index is 1040. The summed E-state index contributed by atoms with van der Waals surface area (Å²) in [5, 5.41) is 4.63. The van der Waals surface area contributed by atoms with E-state index in [-0.39, 0.29) is 6.04 Å². The van der Waals surface area contributed by atoms with Crippen LogP contribution in [-0.2, 0) is 13.2 Å². The molecule has 148 valence electrons. The Kier molecular flexibility index (Phi) is 5.77. The van der Waals surface area contributed by atoms with Crippen molar-refractivity contribution < 1.29 is 13.9 Å². The van der Waals surface area contributed by atoms with Gasteiger partial charge in [0.05, 0.1) is 13.2 Å². The average Bonchev–Trinajstić information content (AvgIpc) is 3.21. The van der Waals surface area contributed by atoms with E-state index in [1.165, 1.54) is 0 Å². The standard InChI is InChI=1S/C24H24N2O3/c1-17(23-13-20-7-3-4-8-21(20)29-23)26-15-18-9-10-22(27-2)24(12-18)28-16-19-6-5-11-25-14-19/h3-14,17,26H,15-16H2,1-2H3. The van der Waals surface area contributed by atoms with E-state index in [2.05, 4.69) is 29.4 Å². The van der Waals surface area contributed by atoms with Crippen molar-refractivity contribution in [1.82, 2.24) is 10.3 Å². The van der Waals surface area contributed by atoms with Crippen molar-refractivity contribution in [3.05, 3.63) is 89.9 Å². The highest BCUT2D eigenvalue weighted by Crippen LogP contribution is 2.29. The maximum absolute atomic E-state index is 5.97. The fourth-order valence-electron chi connectivity index (χ4n) is 3.18. The minimum absolute atomic E-state index is 0.0873. The molecule has 4 aromatic rings. The fraction of sp³-hybridized carbons (Fsp3) is 0.208. The zero-order valence-corrected chi connectivity index (χ0v) is 16.6. The van der Waals surface area contributed by atoms with Crippen LogP contribution in [0.2, 0.25) is 0 Å². The van der Waals surface area contributed by atoms with E-state index in [0.29, 0.717) is 24.7 Å². The number of furan rings is 1. The molecule has 0 saturated heterocycles. The predicted molar refractivity (Wildman–Crippen MR) is 113 cm³/mol. The molecule has 1 unspecified atom stereocenters. The number of nitrogens with one attached hydrogen (secondary N) is 1. The average molecular weight is 388 g/mol. The van der Waals surface area contributed by atoms with Crippen LogP contribution >= 0.6 is 0 Å². The number of hydrogen-bond donors (Lipinski definition) is 1. The van der Waals surface area contributed by atoms with E-state index in [1.807, 2.05) is 48.5 Å². The molecule has 0 fully saturated rings. The molecule has 2 heterocycles. The topological polar surface area (TPSA) is 56.5 Å². The number of methoxy groups -OCH3 is 1. The summed E-state index contributed by atoms with van der Waals surface area (Å²) in [6, 6.07) is 20.1. The van der Waals surface area contributed by atoms with Crippen molar-refractivity contribution in [1.29, 1.82) is 0 Å². The second-order valence-electron chi connectivity index (χ2n) is 6.92. The van der Waals surface area contributed by atoms with Gasteiger partial charge in [-0.1, -0.05) is 30.3 Å². The summed E-state index contributed by atoms with van der Waals surface area (Å²) in [5.41, 5.74) is 3.03. The van der Waals surface area contributed by atoms with Crippen LogP contribution in [-0.4, -0.2) is 12.1 Å². The van der Waals surface area contributed by atoms with E-state index in [0.717, 1.165) is 27.9 Å². The quantitative estimate of drug-likeness (QED) is 0.446. The summed E-state index contributed by atoms with van der Waals surface area (Å²) in [5.74, 6) is 2.35. The third-order valence-corrected chi connectivity index (χ3v) is 4.83. The predicted octanol–water partition coefficient (Wildman–Crippen LogP) is 5.27. The number of rotatable bonds is 8. The number of nitrogens with zero attached hydrogens (tertiary/aromatic N) is 1. The summed E-state index contributed by atoms with van der Waals surface area (Å²) in [7, 11) is 1.65. The Morgan fingerprint density at radius 2 is 1.90 bits per heavy atom. The number of ether oxygens (including phenoxy) is 2. The zero-order valence-electron chi connectivity index (χ0n) is 16.6. The Morgan fingerprint density at radius 1 is 1.00 bits per heavy atom. The van der Waals surface area contributed by atoms with Crippen LogP contribution < -0.4 is 14.8 Å². The smallest absolute Gasteiger partial charge is 0.161 e. The van der Waals surface area contributed by atoms with Gasteiger partial charge >= 0.3 is 0 Å². The van der Waals surface area contributed by atoms with Crippen LogP contribution in [0.3, 0.4) is 0 Å². The number of aromatic nitrogens is 1. The van der Waals surface area contributed by atoms with Gasteiger partial charge in [-0.25, -0.2) is 0 Å². The highest BCUT2D eigenvalue weighted by atomic mass is 16.5. The summed E-state index contributed by atoms with van der Waals surface area (Å²) >= 11 is 0. The van der Waals surface area contributed by atoms with Gasteiger partial charge in [-0.3, -0.25) is 4.98 Å². The number of pyridine rings is 1. The third kappa shape index (κ3) is 4.58. The van der Waals surface area contributed by atoms with Crippen molar-refractivity contribution in [2.45, 2.75) is 26.1 Å². The van der Waals surface area contributed by atoms with Crippen LogP contribution in [0.25, 0.3) is 11.0 Å². The molecule has 0 aliphatic heterocycles. The van der Waals surface area contributed by atoms with Crippen LogP contribution in [0.1, 0.15) is 29.9 Å². The monoisotopic (exact) mass is 388 g/mol. The molecule has 0 bridgehead atoms. The van der Waals surface area contributed by atoms with Crippen LogP contribution in [0.15, 0.2) is 77.5 Å². The third-order valence-electron chi connectivity index (χ3n) is 4.83. The highest BCUT2D eigenvalue weighted by molar-refractivity contribution is 5.77.